The lowest BCUT2D eigenvalue weighted by Gasteiger charge is -2.57. The fraction of sp³-hybridized carbons (Fsp3) is 0.667. The summed E-state index contributed by atoms with van der Waals surface area (Å²) >= 11 is 1.55. The summed E-state index contributed by atoms with van der Waals surface area (Å²) in [5.74, 6) is 2.82. The normalized spacial score (nSPS) is 35.3. The molecule has 4 bridgehead atoms. The molecule has 4 saturated carbocycles. The quantitative estimate of drug-likeness (QED) is 0.941. The van der Waals surface area contributed by atoms with E-state index in [0.717, 1.165) is 40.6 Å². The number of hydrogen-bond acceptors (Lipinski definition) is 4. The first-order valence-electron chi connectivity index (χ1n) is 8.82. The van der Waals surface area contributed by atoms with E-state index >= 15 is 0 Å². The minimum atomic E-state index is 0.0519. The summed E-state index contributed by atoms with van der Waals surface area (Å²) < 4.78 is 1.71. The molecule has 2 heterocycles. The Balaban J connectivity index is 1.39. The van der Waals surface area contributed by atoms with Crippen molar-refractivity contribution in [2.24, 2.45) is 17.8 Å². The summed E-state index contributed by atoms with van der Waals surface area (Å²) in [7, 11) is 0. The third-order valence-corrected chi connectivity index (χ3v) is 7.25. The fourth-order valence-electron chi connectivity index (χ4n) is 5.80. The Labute approximate surface area is 139 Å². The van der Waals surface area contributed by atoms with Gasteiger partial charge in [0.2, 0.25) is 0 Å². The third kappa shape index (κ3) is 2.28. The standard InChI is InChI=1S/C18H23N3OS/c1-11-10-23-17-20-15(5-16(22)21(11)17)9-19-18-6-12-2-13(7-18)4-14(3-12)8-18/h5,10,12-14,19H,2-4,6-9H2,1H3. The van der Waals surface area contributed by atoms with Gasteiger partial charge in [0, 0.05) is 29.2 Å². The molecular weight excluding hydrogens is 306 g/mol. The van der Waals surface area contributed by atoms with Crippen LogP contribution >= 0.6 is 11.3 Å². The van der Waals surface area contributed by atoms with Gasteiger partial charge < -0.3 is 5.32 Å². The number of rotatable bonds is 3. The van der Waals surface area contributed by atoms with E-state index in [1.165, 1.54) is 38.5 Å². The molecule has 4 fully saturated rings. The largest absolute Gasteiger partial charge is 0.306 e. The highest BCUT2D eigenvalue weighted by molar-refractivity contribution is 7.15. The second kappa shape index (κ2) is 4.90. The number of aromatic nitrogens is 2. The van der Waals surface area contributed by atoms with E-state index < -0.39 is 0 Å². The maximum atomic E-state index is 12.3. The van der Waals surface area contributed by atoms with Crippen LogP contribution in [0.2, 0.25) is 0 Å². The van der Waals surface area contributed by atoms with Crippen LogP contribution in [-0.4, -0.2) is 14.9 Å². The summed E-state index contributed by atoms with van der Waals surface area (Å²) in [4.78, 5) is 17.8. The van der Waals surface area contributed by atoms with Gasteiger partial charge in [0.1, 0.15) is 0 Å². The summed E-state index contributed by atoms with van der Waals surface area (Å²) in [5, 5.41) is 5.84. The minimum Gasteiger partial charge on any atom is -0.306 e. The zero-order valence-electron chi connectivity index (χ0n) is 13.5. The molecule has 122 valence electrons. The second-order valence-electron chi connectivity index (χ2n) is 8.13. The predicted octanol–water partition coefficient (Wildman–Crippen LogP) is 3.12. The van der Waals surface area contributed by atoms with Crippen LogP contribution in [0.4, 0.5) is 0 Å². The van der Waals surface area contributed by atoms with Gasteiger partial charge in [0.25, 0.3) is 5.56 Å². The lowest BCUT2D eigenvalue weighted by Crippen LogP contribution is -2.58. The highest BCUT2D eigenvalue weighted by Crippen LogP contribution is 2.55. The molecule has 2 aromatic rings. The van der Waals surface area contributed by atoms with Crippen molar-refractivity contribution >= 4 is 16.3 Å². The van der Waals surface area contributed by atoms with Gasteiger partial charge in [0.15, 0.2) is 4.96 Å². The molecule has 5 heteroatoms. The van der Waals surface area contributed by atoms with Crippen LogP contribution in [0.5, 0.6) is 0 Å². The zero-order valence-corrected chi connectivity index (χ0v) is 14.4. The van der Waals surface area contributed by atoms with Gasteiger partial charge in [-0.2, -0.15) is 0 Å². The molecule has 4 nitrogen and oxygen atoms in total. The molecule has 0 spiro atoms. The molecule has 0 atom stereocenters. The molecule has 6 rings (SSSR count). The lowest BCUT2D eigenvalue weighted by atomic mass is 9.53. The Morgan fingerprint density at radius 2 is 1.91 bits per heavy atom. The Morgan fingerprint density at radius 1 is 1.26 bits per heavy atom. The molecule has 2 aromatic heterocycles. The van der Waals surface area contributed by atoms with E-state index in [1.807, 2.05) is 12.3 Å². The van der Waals surface area contributed by atoms with Gasteiger partial charge in [-0.3, -0.25) is 9.20 Å². The van der Waals surface area contributed by atoms with Crippen LogP contribution in [-0.2, 0) is 6.54 Å². The fourth-order valence-corrected chi connectivity index (χ4v) is 6.69. The van der Waals surface area contributed by atoms with Crippen molar-refractivity contribution in [1.29, 1.82) is 0 Å². The second-order valence-corrected chi connectivity index (χ2v) is 8.97. The Kier molecular flexibility index (Phi) is 3.02. The number of fused-ring (bicyclic) bond motifs is 1. The highest BCUT2D eigenvalue weighted by atomic mass is 32.1. The number of thiazole rings is 1. The maximum absolute atomic E-state index is 12.3. The van der Waals surface area contributed by atoms with Crippen LogP contribution in [0.3, 0.4) is 0 Å². The molecule has 23 heavy (non-hydrogen) atoms. The maximum Gasteiger partial charge on any atom is 0.259 e. The first kappa shape index (κ1) is 14.2. The van der Waals surface area contributed by atoms with Crippen molar-refractivity contribution in [2.45, 2.75) is 57.5 Å². The molecule has 0 radical (unpaired) electrons. The van der Waals surface area contributed by atoms with Crippen molar-refractivity contribution < 1.29 is 0 Å². The number of nitrogens with one attached hydrogen (secondary N) is 1. The summed E-state index contributed by atoms with van der Waals surface area (Å²) in [6.45, 7) is 2.69. The van der Waals surface area contributed by atoms with Gasteiger partial charge in [-0.05, 0) is 63.2 Å². The first-order valence-corrected chi connectivity index (χ1v) is 9.70. The molecule has 0 amide bonds. The number of nitrogens with zero attached hydrogens (tertiary/aromatic N) is 2. The average Bonchev–Trinajstić information content (AvgIpc) is 2.86. The van der Waals surface area contributed by atoms with Crippen LogP contribution < -0.4 is 10.9 Å². The van der Waals surface area contributed by atoms with Crippen LogP contribution in [0.25, 0.3) is 4.96 Å². The van der Waals surface area contributed by atoms with Gasteiger partial charge in [-0.15, -0.1) is 11.3 Å². The van der Waals surface area contributed by atoms with Gasteiger partial charge in [0.05, 0.1) is 5.69 Å². The van der Waals surface area contributed by atoms with E-state index in [4.69, 9.17) is 4.98 Å². The topological polar surface area (TPSA) is 46.4 Å². The van der Waals surface area contributed by atoms with Crippen LogP contribution in [0.1, 0.15) is 49.9 Å². The molecule has 0 aromatic carbocycles. The highest BCUT2D eigenvalue weighted by Gasteiger charge is 2.50. The van der Waals surface area contributed by atoms with E-state index in [0.29, 0.717) is 5.54 Å². The molecule has 4 aliphatic carbocycles. The van der Waals surface area contributed by atoms with Crippen molar-refractivity contribution in [1.82, 2.24) is 14.7 Å². The smallest absolute Gasteiger partial charge is 0.259 e. The van der Waals surface area contributed by atoms with Gasteiger partial charge in [-0.1, -0.05) is 0 Å². The van der Waals surface area contributed by atoms with Crippen LogP contribution in [0.15, 0.2) is 16.2 Å². The van der Waals surface area contributed by atoms with Crippen LogP contribution in [0, 0.1) is 24.7 Å². The van der Waals surface area contributed by atoms with E-state index in [-0.39, 0.29) is 5.56 Å². The monoisotopic (exact) mass is 329 g/mol. The van der Waals surface area contributed by atoms with E-state index in [1.54, 1.807) is 21.8 Å². The summed E-state index contributed by atoms with van der Waals surface area (Å²) in [6, 6.07) is 1.71. The first-order chi connectivity index (χ1) is 11.1. The molecule has 4 aliphatic rings. The number of hydrogen-bond donors (Lipinski definition) is 1. The van der Waals surface area contributed by atoms with Gasteiger partial charge in [-0.25, -0.2) is 4.98 Å². The van der Waals surface area contributed by atoms with E-state index in [9.17, 15) is 4.79 Å². The summed E-state index contributed by atoms with van der Waals surface area (Å²) in [6.07, 6.45) is 8.37. The average molecular weight is 329 g/mol. The molecule has 0 aliphatic heterocycles. The lowest BCUT2D eigenvalue weighted by molar-refractivity contribution is -0.0207. The Morgan fingerprint density at radius 3 is 2.57 bits per heavy atom. The van der Waals surface area contributed by atoms with Crippen molar-refractivity contribution in [3.05, 3.63) is 33.2 Å². The minimum absolute atomic E-state index is 0.0519. The van der Waals surface area contributed by atoms with Gasteiger partial charge >= 0.3 is 0 Å². The predicted molar refractivity (Wildman–Crippen MR) is 91.8 cm³/mol. The molecular formula is C18H23N3OS. The third-order valence-electron chi connectivity index (χ3n) is 6.31. The van der Waals surface area contributed by atoms with Crippen molar-refractivity contribution in [2.75, 3.05) is 0 Å². The molecule has 0 saturated heterocycles. The van der Waals surface area contributed by atoms with Crippen molar-refractivity contribution in [3.8, 4) is 0 Å². The SMILES string of the molecule is Cc1csc2nc(CNC34CC5CC(CC(C5)C3)C4)cc(=O)n12. The molecule has 0 unspecified atom stereocenters. The van der Waals surface area contributed by atoms with Crippen molar-refractivity contribution in [3.63, 3.8) is 0 Å². The Hall–Kier alpha value is -1.20. The number of aryl methyl sites for hydroxylation is 1. The summed E-state index contributed by atoms with van der Waals surface area (Å²) in [5.41, 5.74) is 2.25. The molecule has 1 N–H and O–H groups in total. The zero-order chi connectivity index (χ0) is 15.6. The van der Waals surface area contributed by atoms with E-state index in [2.05, 4.69) is 5.32 Å². The Bertz CT molecular complexity index is 786.